The van der Waals surface area contributed by atoms with Crippen molar-refractivity contribution in [2.24, 2.45) is 0 Å². The summed E-state index contributed by atoms with van der Waals surface area (Å²) in [6.45, 7) is 8.62. The summed E-state index contributed by atoms with van der Waals surface area (Å²) in [5.41, 5.74) is 4.54. The number of hydrogen-bond donors (Lipinski definition) is 0. The van der Waals surface area contributed by atoms with E-state index in [9.17, 15) is 4.79 Å². The van der Waals surface area contributed by atoms with Gasteiger partial charge in [-0.3, -0.25) is 9.69 Å². The smallest absolute Gasteiger partial charge is 0.256 e. The Kier molecular flexibility index (Phi) is 7.28. The maximum absolute atomic E-state index is 13.6. The van der Waals surface area contributed by atoms with Gasteiger partial charge in [-0.25, -0.2) is 0 Å². The lowest BCUT2D eigenvalue weighted by Gasteiger charge is -2.35. The minimum absolute atomic E-state index is 0.188. The van der Waals surface area contributed by atoms with Crippen molar-refractivity contribution in [2.45, 2.75) is 26.3 Å². The molecule has 0 atom stereocenters. The van der Waals surface area contributed by atoms with Gasteiger partial charge in [-0.15, -0.1) is 0 Å². The highest BCUT2D eigenvalue weighted by Gasteiger charge is 2.27. The first-order valence-electron chi connectivity index (χ1n) is 11.8. The van der Waals surface area contributed by atoms with E-state index in [0.717, 1.165) is 75.3 Å². The van der Waals surface area contributed by atoms with Crippen molar-refractivity contribution in [3.63, 3.8) is 0 Å². The Bertz CT molecular complexity index is 1030. The number of benzene rings is 2. The molecule has 32 heavy (non-hydrogen) atoms. The van der Waals surface area contributed by atoms with Gasteiger partial charge in [0, 0.05) is 55.9 Å². The maximum Gasteiger partial charge on any atom is 0.256 e. The predicted molar refractivity (Wildman–Crippen MR) is 132 cm³/mol. The van der Waals surface area contributed by atoms with Crippen LogP contribution in [0.25, 0.3) is 10.9 Å². The van der Waals surface area contributed by atoms with E-state index in [-0.39, 0.29) is 5.91 Å². The zero-order valence-corrected chi connectivity index (χ0v) is 19.8. The molecule has 1 saturated heterocycles. The Hall–Kier alpha value is -2.63. The average Bonchev–Trinajstić information content (AvgIpc) is 3.09. The number of amides is 1. The predicted octanol–water partition coefficient (Wildman–Crippen LogP) is 3.90. The number of piperazine rings is 1. The van der Waals surface area contributed by atoms with Crippen LogP contribution in [0, 0.1) is 6.92 Å². The van der Waals surface area contributed by atoms with Gasteiger partial charge in [0.1, 0.15) is 0 Å². The van der Waals surface area contributed by atoms with Crippen molar-refractivity contribution < 1.29 is 4.79 Å². The third-order valence-electron chi connectivity index (χ3n) is 6.65. The number of para-hydroxylation sites is 1. The fraction of sp³-hybridized carbons (Fsp3) is 0.444. The van der Waals surface area contributed by atoms with Gasteiger partial charge in [-0.2, -0.15) is 0 Å². The molecule has 170 valence electrons. The molecule has 0 bridgehead atoms. The molecule has 1 aliphatic heterocycles. The third-order valence-corrected chi connectivity index (χ3v) is 6.65. The quantitative estimate of drug-likeness (QED) is 0.541. The molecule has 0 unspecified atom stereocenters. The van der Waals surface area contributed by atoms with Crippen LogP contribution in [0.4, 0.5) is 0 Å². The van der Waals surface area contributed by atoms with Crippen LogP contribution in [-0.2, 0) is 13.0 Å². The minimum atomic E-state index is 0.188. The van der Waals surface area contributed by atoms with Gasteiger partial charge in [0.2, 0.25) is 0 Å². The molecule has 0 spiro atoms. The van der Waals surface area contributed by atoms with Crippen molar-refractivity contribution >= 4 is 16.8 Å². The highest BCUT2D eigenvalue weighted by atomic mass is 16.2. The van der Waals surface area contributed by atoms with Gasteiger partial charge in [0.25, 0.3) is 5.91 Å². The van der Waals surface area contributed by atoms with Crippen molar-refractivity contribution in [1.29, 1.82) is 0 Å². The molecular formula is C27H36N4O. The number of aryl methyl sites for hydroxylation is 1. The first kappa shape index (κ1) is 22.6. The maximum atomic E-state index is 13.6. The Morgan fingerprint density at radius 2 is 1.59 bits per heavy atom. The first-order chi connectivity index (χ1) is 15.5. The molecule has 4 rings (SSSR count). The average molecular weight is 433 g/mol. The number of hydrogen-bond acceptors (Lipinski definition) is 3. The summed E-state index contributed by atoms with van der Waals surface area (Å²) in [7, 11) is 4.21. The van der Waals surface area contributed by atoms with Gasteiger partial charge in [0.15, 0.2) is 0 Å². The molecule has 5 heteroatoms. The summed E-state index contributed by atoms with van der Waals surface area (Å²) >= 11 is 0. The minimum Gasteiger partial charge on any atom is -0.344 e. The molecule has 2 heterocycles. The Morgan fingerprint density at radius 1 is 0.906 bits per heavy atom. The van der Waals surface area contributed by atoms with E-state index in [1.807, 2.05) is 6.07 Å². The van der Waals surface area contributed by atoms with Crippen molar-refractivity contribution in [1.82, 2.24) is 19.3 Å². The van der Waals surface area contributed by atoms with E-state index < -0.39 is 0 Å². The van der Waals surface area contributed by atoms with Gasteiger partial charge < -0.3 is 14.4 Å². The molecule has 2 aromatic carbocycles. The third kappa shape index (κ3) is 5.05. The van der Waals surface area contributed by atoms with Crippen LogP contribution in [0.5, 0.6) is 0 Å². The summed E-state index contributed by atoms with van der Waals surface area (Å²) in [6.07, 6.45) is 2.13. The Morgan fingerprint density at radius 3 is 2.31 bits per heavy atom. The SMILES string of the molecule is Cc1c(C(=O)N2CCN(CCc3ccccc3)CC2)c2ccccc2n1CCCN(C)C. The number of carbonyl (C=O) groups is 1. The lowest BCUT2D eigenvalue weighted by atomic mass is 10.1. The molecule has 5 nitrogen and oxygen atoms in total. The number of carbonyl (C=O) groups excluding carboxylic acids is 1. The first-order valence-corrected chi connectivity index (χ1v) is 11.8. The van der Waals surface area contributed by atoms with Crippen LogP contribution < -0.4 is 0 Å². The molecule has 1 aromatic heterocycles. The Balaban J connectivity index is 1.43. The molecule has 0 N–H and O–H groups in total. The van der Waals surface area contributed by atoms with Crippen molar-refractivity contribution in [3.8, 4) is 0 Å². The standard InChI is InChI=1S/C27H36N4O/c1-22-26(24-12-7-8-13-25(24)31(22)16-9-15-28(2)3)27(32)30-20-18-29(19-21-30)17-14-23-10-5-4-6-11-23/h4-8,10-13H,9,14-21H2,1-3H3. The number of rotatable bonds is 8. The summed E-state index contributed by atoms with van der Waals surface area (Å²) < 4.78 is 2.34. The van der Waals surface area contributed by atoms with Crippen molar-refractivity contribution in [2.75, 3.05) is 53.4 Å². The largest absolute Gasteiger partial charge is 0.344 e. The molecule has 0 radical (unpaired) electrons. The highest BCUT2D eigenvalue weighted by Crippen LogP contribution is 2.28. The van der Waals surface area contributed by atoms with E-state index in [0.29, 0.717) is 0 Å². The lowest BCUT2D eigenvalue weighted by molar-refractivity contribution is 0.0639. The lowest BCUT2D eigenvalue weighted by Crippen LogP contribution is -2.49. The van der Waals surface area contributed by atoms with Crippen LogP contribution in [0.15, 0.2) is 54.6 Å². The molecule has 0 aliphatic carbocycles. The van der Waals surface area contributed by atoms with E-state index >= 15 is 0 Å². The molecule has 1 fully saturated rings. The second-order valence-corrected chi connectivity index (χ2v) is 9.16. The van der Waals surface area contributed by atoms with Gasteiger partial charge in [-0.05, 0) is 52.0 Å². The van der Waals surface area contributed by atoms with E-state index in [2.05, 4.69) is 88.8 Å². The van der Waals surface area contributed by atoms with Gasteiger partial charge in [-0.1, -0.05) is 48.5 Å². The number of fused-ring (bicyclic) bond motifs is 1. The highest BCUT2D eigenvalue weighted by molar-refractivity contribution is 6.08. The van der Waals surface area contributed by atoms with E-state index in [4.69, 9.17) is 0 Å². The fourth-order valence-electron chi connectivity index (χ4n) is 4.80. The molecule has 1 aliphatic rings. The number of nitrogens with zero attached hydrogens (tertiary/aromatic N) is 4. The van der Waals surface area contributed by atoms with Crippen LogP contribution in [0.2, 0.25) is 0 Å². The van der Waals surface area contributed by atoms with Gasteiger partial charge in [0.05, 0.1) is 5.56 Å². The monoisotopic (exact) mass is 432 g/mol. The zero-order valence-electron chi connectivity index (χ0n) is 19.8. The van der Waals surface area contributed by atoms with Gasteiger partial charge >= 0.3 is 0 Å². The van der Waals surface area contributed by atoms with Crippen molar-refractivity contribution in [3.05, 3.63) is 71.4 Å². The normalized spacial score (nSPS) is 15.1. The summed E-state index contributed by atoms with van der Waals surface area (Å²) in [5.74, 6) is 0.188. The molecule has 3 aromatic rings. The molecule has 0 saturated carbocycles. The van der Waals surface area contributed by atoms with E-state index in [1.165, 1.54) is 11.1 Å². The molecule has 1 amide bonds. The fourth-order valence-corrected chi connectivity index (χ4v) is 4.80. The van der Waals surface area contributed by atoms with Crippen LogP contribution in [-0.4, -0.2) is 78.5 Å². The summed E-state index contributed by atoms with van der Waals surface area (Å²) in [5, 5.41) is 1.09. The zero-order chi connectivity index (χ0) is 22.5. The Labute approximate surface area is 192 Å². The number of aromatic nitrogens is 1. The van der Waals surface area contributed by atoms with Crippen LogP contribution in [0.1, 0.15) is 28.0 Å². The van der Waals surface area contributed by atoms with Crippen LogP contribution in [0.3, 0.4) is 0 Å². The molecular weight excluding hydrogens is 396 g/mol. The second kappa shape index (κ2) is 10.3. The van der Waals surface area contributed by atoms with Crippen LogP contribution >= 0.6 is 0 Å². The van der Waals surface area contributed by atoms with E-state index in [1.54, 1.807) is 0 Å². The topological polar surface area (TPSA) is 31.7 Å². The summed E-state index contributed by atoms with van der Waals surface area (Å²) in [4.78, 5) is 20.3. The summed E-state index contributed by atoms with van der Waals surface area (Å²) in [6, 6.07) is 19.0. The second-order valence-electron chi connectivity index (χ2n) is 9.16.